The fraction of sp³-hybridized carbons (Fsp3) is 0.533. The second-order valence-corrected chi connectivity index (χ2v) is 5.78. The van der Waals surface area contributed by atoms with Crippen LogP contribution in [0.3, 0.4) is 0 Å². The highest BCUT2D eigenvalue weighted by atomic mass is 16.5. The molecule has 0 amide bonds. The third-order valence-electron chi connectivity index (χ3n) is 4.45. The van der Waals surface area contributed by atoms with Crippen LogP contribution in [0.15, 0.2) is 30.7 Å². The third kappa shape index (κ3) is 2.51. The number of hydrogen-bond donors (Lipinski definition) is 0. The number of ether oxygens (including phenoxy) is 1. The van der Waals surface area contributed by atoms with Crippen LogP contribution in [0.25, 0.3) is 0 Å². The zero-order chi connectivity index (χ0) is 14.1. The smallest absolute Gasteiger partial charge is 0.316 e. The minimum absolute atomic E-state index is 0.230. The molecule has 0 unspecified atom stereocenters. The molecule has 110 valence electrons. The molecule has 2 aromatic heterocycles. The minimum Gasteiger partial charge on any atom is -0.461 e. The Balaban J connectivity index is 1.48. The molecule has 0 N–H and O–H groups in total. The van der Waals surface area contributed by atoms with Gasteiger partial charge in [0.05, 0.1) is 11.7 Å². The van der Waals surface area contributed by atoms with Crippen molar-refractivity contribution in [1.29, 1.82) is 0 Å². The average molecular weight is 285 g/mol. The topological polar surface area (TPSA) is 56.1 Å². The first-order valence-electron chi connectivity index (χ1n) is 7.56. The fourth-order valence-electron chi connectivity index (χ4n) is 3.10. The first kappa shape index (κ1) is 12.8. The summed E-state index contributed by atoms with van der Waals surface area (Å²) in [6, 6.07) is 5.30. The van der Waals surface area contributed by atoms with Gasteiger partial charge in [0.15, 0.2) is 0 Å². The van der Waals surface area contributed by atoms with Crippen molar-refractivity contribution in [3.63, 3.8) is 0 Å². The zero-order valence-corrected chi connectivity index (χ0v) is 11.9. The van der Waals surface area contributed by atoms with Crippen molar-refractivity contribution in [2.24, 2.45) is 0 Å². The summed E-state index contributed by atoms with van der Waals surface area (Å²) in [6.07, 6.45) is 9.28. The van der Waals surface area contributed by atoms with E-state index in [4.69, 9.17) is 4.74 Å². The van der Waals surface area contributed by atoms with Crippen LogP contribution in [0.1, 0.15) is 31.0 Å². The normalized spacial score (nSPS) is 22.6. The summed E-state index contributed by atoms with van der Waals surface area (Å²) in [7, 11) is 0. The lowest BCUT2D eigenvalue weighted by molar-refractivity contribution is 0.0588. The largest absolute Gasteiger partial charge is 0.461 e. The van der Waals surface area contributed by atoms with E-state index in [1.54, 1.807) is 18.5 Å². The van der Waals surface area contributed by atoms with Gasteiger partial charge in [-0.05, 0) is 25.0 Å². The van der Waals surface area contributed by atoms with Crippen molar-refractivity contribution in [3.05, 3.63) is 36.4 Å². The van der Waals surface area contributed by atoms with Gasteiger partial charge in [-0.3, -0.25) is 9.58 Å². The Kier molecular flexibility index (Phi) is 3.31. The van der Waals surface area contributed by atoms with E-state index < -0.39 is 0 Å². The Bertz CT molecular complexity index is 595. The molecule has 0 spiro atoms. The molecule has 0 radical (unpaired) electrons. The van der Waals surface area contributed by atoms with Crippen LogP contribution in [-0.2, 0) is 6.54 Å². The first-order valence-corrected chi connectivity index (χ1v) is 7.56. The second-order valence-electron chi connectivity index (χ2n) is 5.78. The van der Waals surface area contributed by atoms with Gasteiger partial charge in [-0.2, -0.15) is 5.10 Å². The van der Waals surface area contributed by atoms with Crippen LogP contribution >= 0.6 is 0 Å². The Morgan fingerprint density at radius 3 is 2.81 bits per heavy atom. The van der Waals surface area contributed by atoms with E-state index in [1.807, 2.05) is 6.20 Å². The van der Waals surface area contributed by atoms with Crippen molar-refractivity contribution >= 4 is 0 Å². The number of nitrogens with zero attached hydrogens (tertiary/aromatic N) is 5. The van der Waals surface area contributed by atoms with Crippen LogP contribution in [0.5, 0.6) is 6.01 Å². The van der Waals surface area contributed by atoms with Gasteiger partial charge in [0.1, 0.15) is 6.61 Å². The van der Waals surface area contributed by atoms with Gasteiger partial charge in [-0.1, -0.05) is 6.42 Å². The molecule has 2 aliphatic rings. The van der Waals surface area contributed by atoms with Crippen LogP contribution in [0, 0.1) is 0 Å². The van der Waals surface area contributed by atoms with E-state index in [2.05, 4.69) is 30.7 Å². The predicted molar refractivity (Wildman–Crippen MR) is 76.8 cm³/mol. The summed E-state index contributed by atoms with van der Waals surface area (Å²) in [5.74, 6) is 0. The average Bonchev–Trinajstić information content (AvgIpc) is 2.92. The molecule has 1 fully saturated rings. The molecule has 0 saturated heterocycles. The monoisotopic (exact) mass is 285 g/mol. The quantitative estimate of drug-likeness (QED) is 0.855. The van der Waals surface area contributed by atoms with Gasteiger partial charge in [0, 0.05) is 37.7 Å². The van der Waals surface area contributed by atoms with Crippen LogP contribution in [0.4, 0.5) is 0 Å². The van der Waals surface area contributed by atoms with E-state index in [1.165, 1.54) is 25.0 Å². The van der Waals surface area contributed by atoms with E-state index in [0.717, 1.165) is 19.1 Å². The second kappa shape index (κ2) is 5.44. The lowest BCUT2D eigenvalue weighted by atomic mass is 9.90. The van der Waals surface area contributed by atoms with Crippen molar-refractivity contribution in [2.45, 2.75) is 37.9 Å². The lowest BCUT2D eigenvalue weighted by Gasteiger charge is -2.42. The summed E-state index contributed by atoms with van der Waals surface area (Å²) in [5, 5.41) is 4.46. The lowest BCUT2D eigenvalue weighted by Crippen LogP contribution is -2.47. The highest BCUT2D eigenvalue weighted by Gasteiger charge is 2.32. The van der Waals surface area contributed by atoms with Gasteiger partial charge >= 0.3 is 6.01 Å². The molecule has 3 heterocycles. The van der Waals surface area contributed by atoms with Gasteiger partial charge in [-0.15, -0.1) is 0 Å². The number of aromatic nitrogens is 4. The predicted octanol–water partition coefficient (Wildman–Crippen LogP) is 1.66. The summed E-state index contributed by atoms with van der Waals surface area (Å²) in [5.41, 5.74) is 1.27. The van der Waals surface area contributed by atoms with Crippen LogP contribution in [-0.4, -0.2) is 43.8 Å². The van der Waals surface area contributed by atoms with E-state index in [0.29, 0.717) is 12.6 Å². The van der Waals surface area contributed by atoms with Gasteiger partial charge < -0.3 is 4.74 Å². The summed E-state index contributed by atoms with van der Waals surface area (Å²) >= 11 is 0. The highest BCUT2D eigenvalue weighted by molar-refractivity contribution is 5.07. The van der Waals surface area contributed by atoms with E-state index >= 15 is 0 Å². The van der Waals surface area contributed by atoms with E-state index in [-0.39, 0.29) is 6.04 Å². The molecule has 21 heavy (non-hydrogen) atoms. The molecule has 0 bridgehead atoms. The van der Waals surface area contributed by atoms with Crippen molar-refractivity contribution < 1.29 is 4.74 Å². The third-order valence-corrected chi connectivity index (χ3v) is 4.45. The molecule has 1 atom stereocenters. The van der Waals surface area contributed by atoms with Gasteiger partial charge in [0.25, 0.3) is 0 Å². The number of fused-ring (bicyclic) bond motifs is 1. The molecule has 2 aromatic rings. The van der Waals surface area contributed by atoms with Crippen LogP contribution < -0.4 is 4.74 Å². The molecule has 1 saturated carbocycles. The summed E-state index contributed by atoms with van der Waals surface area (Å²) in [6.45, 7) is 2.55. The zero-order valence-electron chi connectivity index (χ0n) is 11.9. The Morgan fingerprint density at radius 2 is 2.05 bits per heavy atom. The molecule has 6 nitrogen and oxygen atoms in total. The number of hydrogen-bond acceptors (Lipinski definition) is 5. The molecular formula is C15H19N5O. The molecular weight excluding hydrogens is 266 g/mol. The maximum absolute atomic E-state index is 5.74. The number of rotatable bonds is 4. The van der Waals surface area contributed by atoms with Gasteiger partial charge in [0.2, 0.25) is 0 Å². The maximum atomic E-state index is 5.74. The molecule has 1 aliphatic carbocycles. The van der Waals surface area contributed by atoms with Crippen molar-refractivity contribution in [1.82, 2.24) is 24.6 Å². The highest BCUT2D eigenvalue weighted by Crippen LogP contribution is 2.30. The maximum Gasteiger partial charge on any atom is 0.316 e. The standard InChI is InChI=1S/C15H19N5O/c1-3-12(4-1)19-9-13-5-8-18-20(13)14(10-19)11-21-15-16-6-2-7-17-15/h2,5-8,12,14H,1,3-4,9-11H2/t14-/m0/s1. The summed E-state index contributed by atoms with van der Waals surface area (Å²) < 4.78 is 7.84. The molecule has 0 aromatic carbocycles. The Hall–Kier alpha value is -1.95. The molecule has 6 heteroatoms. The van der Waals surface area contributed by atoms with Crippen molar-refractivity contribution in [3.8, 4) is 6.01 Å². The molecule has 4 rings (SSSR count). The van der Waals surface area contributed by atoms with E-state index in [9.17, 15) is 0 Å². The van der Waals surface area contributed by atoms with Gasteiger partial charge in [-0.25, -0.2) is 9.97 Å². The Morgan fingerprint density at radius 1 is 1.19 bits per heavy atom. The molecule has 1 aliphatic heterocycles. The first-order chi connectivity index (χ1) is 10.4. The Labute approximate surface area is 123 Å². The van der Waals surface area contributed by atoms with Crippen LogP contribution in [0.2, 0.25) is 0 Å². The minimum atomic E-state index is 0.230. The summed E-state index contributed by atoms with van der Waals surface area (Å²) in [4.78, 5) is 10.8. The SMILES string of the molecule is c1cnc(OC[C@@H]2CN(C3CCC3)Cc3ccnn32)nc1. The fourth-order valence-corrected chi connectivity index (χ4v) is 3.10. The van der Waals surface area contributed by atoms with Crippen molar-refractivity contribution in [2.75, 3.05) is 13.2 Å².